The summed E-state index contributed by atoms with van der Waals surface area (Å²) in [5.74, 6) is 0.250. The van der Waals surface area contributed by atoms with E-state index < -0.39 is 17.8 Å². The first-order chi connectivity index (χ1) is 7.87. The summed E-state index contributed by atoms with van der Waals surface area (Å²) in [6, 6.07) is -0.0557. The highest BCUT2D eigenvalue weighted by Crippen LogP contribution is 2.29. The number of amides is 1. The average molecular weight is 242 g/mol. The maximum absolute atomic E-state index is 11.7. The normalized spacial score (nSPS) is 36.7. The van der Waals surface area contributed by atoms with Crippen LogP contribution in [0.2, 0.25) is 0 Å². The summed E-state index contributed by atoms with van der Waals surface area (Å²) >= 11 is 0. The Morgan fingerprint density at radius 1 is 1.41 bits per heavy atom. The van der Waals surface area contributed by atoms with E-state index in [1.54, 1.807) is 0 Å². The number of carbonyl (C=O) groups is 1. The number of piperidine rings is 2. The van der Waals surface area contributed by atoms with E-state index in [-0.39, 0.29) is 18.0 Å². The second kappa shape index (κ2) is 4.46. The summed E-state index contributed by atoms with van der Waals surface area (Å²) in [6.45, 7) is 6.33. The fourth-order valence-electron chi connectivity index (χ4n) is 2.66. The van der Waals surface area contributed by atoms with E-state index in [1.165, 1.54) is 0 Å². The second-order valence-electron chi connectivity index (χ2n) is 6.01. The summed E-state index contributed by atoms with van der Waals surface area (Å²) in [5, 5.41) is 16.2. The smallest absolute Gasteiger partial charge is 0.408 e. The van der Waals surface area contributed by atoms with Crippen LogP contribution in [0.5, 0.6) is 0 Å². The summed E-state index contributed by atoms with van der Waals surface area (Å²) in [5.41, 5.74) is -0.504. The van der Waals surface area contributed by atoms with Gasteiger partial charge in [0.2, 0.25) is 0 Å². The molecule has 3 rings (SSSR count). The third kappa shape index (κ3) is 2.90. The van der Waals surface area contributed by atoms with Gasteiger partial charge in [0.1, 0.15) is 5.60 Å². The molecule has 0 aromatic rings. The largest absolute Gasteiger partial charge is 0.444 e. The van der Waals surface area contributed by atoms with Gasteiger partial charge in [0.25, 0.3) is 0 Å². The number of hydrogen-bond acceptors (Lipinski definition) is 4. The molecule has 4 atom stereocenters. The quantitative estimate of drug-likeness (QED) is 0.630. The number of carbonyl (C=O) groups excluding carboxylic acids is 1. The topological polar surface area (TPSA) is 70.6 Å². The molecule has 1 amide bonds. The molecule has 2 saturated heterocycles. The van der Waals surface area contributed by atoms with E-state index in [9.17, 15) is 9.90 Å². The Bertz CT molecular complexity index is 291. The van der Waals surface area contributed by atoms with Gasteiger partial charge in [-0.1, -0.05) is 0 Å². The van der Waals surface area contributed by atoms with Crippen LogP contribution in [0.15, 0.2) is 0 Å². The SMILES string of the molecule is CC(C)(C)OC(=O)N[C@@H]1[C@@H](O)[C@H]2CC[C@H]1NC2. The van der Waals surface area contributed by atoms with Crippen LogP contribution in [-0.2, 0) is 4.74 Å². The predicted octanol–water partition coefficient (Wildman–Crippen LogP) is 0.622. The number of nitrogens with one attached hydrogen (secondary N) is 2. The third-order valence-corrected chi connectivity index (χ3v) is 3.46. The number of fused-ring (bicyclic) bond motifs is 3. The van der Waals surface area contributed by atoms with Gasteiger partial charge < -0.3 is 20.5 Å². The predicted molar refractivity (Wildman–Crippen MR) is 63.7 cm³/mol. The molecule has 3 N–H and O–H groups in total. The highest BCUT2D eigenvalue weighted by atomic mass is 16.6. The third-order valence-electron chi connectivity index (χ3n) is 3.46. The number of hydrogen-bond donors (Lipinski definition) is 3. The summed E-state index contributed by atoms with van der Waals surface area (Å²) in [4.78, 5) is 11.7. The van der Waals surface area contributed by atoms with Crippen molar-refractivity contribution in [3.63, 3.8) is 0 Å². The van der Waals surface area contributed by atoms with E-state index in [4.69, 9.17) is 4.74 Å². The Morgan fingerprint density at radius 3 is 2.59 bits per heavy atom. The highest BCUT2D eigenvalue weighted by molar-refractivity contribution is 5.68. The van der Waals surface area contributed by atoms with Crippen LogP contribution in [0, 0.1) is 5.92 Å². The van der Waals surface area contributed by atoms with Gasteiger partial charge >= 0.3 is 6.09 Å². The van der Waals surface area contributed by atoms with Gasteiger partial charge in [-0.05, 0) is 39.5 Å². The number of ether oxygens (including phenoxy) is 1. The number of aliphatic hydroxyl groups excluding tert-OH is 1. The van der Waals surface area contributed by atoms with Gasteiger partial charge in [-0.3, -0.25) is 0 Å². The highest BCUT2D eigenvalue weighted by Gasteiger charge is 2.43. The molecule has 3 aliphatic rings. The van der Waals surface area contributed by atoms with Gasteiger partial charge in [0, 0.05) is 12.6 Å². The molecule has 2 aliphatic heterocycles. The fraction of sp³-hybridized carbons (Fsp3) is 0.917. The van der Waals surface area contributed by atoms with Crippen molar-refractivity contribution in [1.82, 2.24) is 10.6 Å². The minimum absolute atomic E-state index is 0.169. The molecule has 1 aliphatic carbocycles. The summed E-state index contributed by atoms with van der Waals surface area (Å²) < 4.78 is 5.21. The molecule has 0 spiro atoms. The Balaban J connectivity index is 1.92. The van der Waals surface area contributed by atoms with Gasteiger partial charge in [-0.15, -0.1) is 0 Å². The molecule has 5 heteroatoms. The van der Waals surface area contributed by atoms with Crippen molar-refractivity contribution in [2.24, 2.45) is 5.92 Å². The Kier molecular flexibility index (Phi) is 3.32. The molecular weight excluding hydrogens is 220 g/mol. The number of alkyl carbamates (subject to hydrolysis) is 1. The molecule has 5 nitrogen and oxygen atoms in total. The molecule has 17 heavy (non-hydrogen) atoms. The molecule has 2 bridgehead atoms. The van der Waals surface area contributed by atoms with E-state index in [1.807, 2.05) is 20.8 Å². The zero-order valence-electron chi connectivity index (χ0n) is 10.7. The molecule has 0 radical (unpaired) electrons. The summed E-state index contributed by atoms with van der Waals surface area (Å²) in [7, 11) is 0. The first-order valence-electron chi connectivity index (χ1n) is 6.28. The zero-order valence-corrected chi connectivity index (χ0v) is 10.7. The van der Waals surface area contributed by atoms with Crippen molar-refractivity contribution in [2.75, 3.05) is 6.54 Å². The zero-order chi connectivity index (χ0) is 12.6. The lowest BCUT2D eigenvalue weighted by Gasteiger charge is -2.46. The number of aliphatic hydroxyl groups is 1. The number of rotatable bonds is 1. The standard InChI is InChI=1S/C12H22N2O3/c1-12(2,3)17-11(16)14-9-8-5-4-7(6-13-8)10(9)15/h7-10,13,15H,4-6H2,1-3H3,(H,14,16)/t7-,8+,9-,10-/m0/s1. The van der Waals surface area contributed by atoms with Crippen LogP contribution in [0.4, 0.5) is 4.79 Å². The molecular formula is C12H22N2O3. The van der Waals surface area contributed by atoms with Crippen molar-refractivity contribution in [1.29, 1.82) is 0 Å². The fourth-order valence-corrected chi connectivity index (χ4v) is 2.66. The van der Waals surface area contributed by atoms with Crippen molar-refractivity contribution >= 4 is 6.09 Å². The van der Waals surface area contributed by atoms with Crippen molar-refractivity contribution < 1.29 is 14.6 Å². The molecule has 1 saturated carbocycles. The molecule has 0 unspecified atom stereocenters. The van der Waals surface area contributed by atoms with E-state index in [0.717, 1.165) is 19.4 Å². The van der Waals surface area contributed by atoms with Crippen LogP contribution in [0.3, 0.4) is 0 Å². The molecule has 0 aromatic heterocycles. The molecule has 0 aromatic carbocycles. The van der Waals surface area contributed by atoms with Crippen molar-refractivity contribution in [2.45, 2.75) is 57.4 Å². The lowest BCUT2D eigenvalue weighted by atomic mass is 9.76. The lowest BCUT2D eigenvalue weighted by Crippen LogP contribution is -2.67. The van der Waals surface area contributed by atoms with E-state index >= 15 is 0 Å². The van der Waals surface area contributed by atoms with E-state index in [0.29, 0.717) is 0 Å². The van der Waals surface area contributed by atoms with Crippen LogP contribution < -0.4 is 10.6 Å². The maximum atomic E-state index is 11.7. The first-order valence-corrected chi connectivity index (χ1v) is 6.28. The van der Waals surface area contributed by atoms with Crippen LogP contribution in [0.1, 0.15) is 33.6 Å². The maximum Gasteiger partial charge on any atom is 0.408 e. The molecule has 3 fully saturated rings. The average Bonchev–Trinajstić information content (AvgIpc) is 2.21. The molecule has 2 heterocycles. The Labute approximate surface area is 102 Å². The minimum Gasteiger partial charge on any atom is -0.444 e. The van der Waals surface area contributed by atoms with Crippen LogP contribution in [-0.4, -0.2) is 41.5 Å². The lowest BCUT2D eigenvalue weighted by molar-refractivity contribution is -0.0176. The molecule has 98 valence electrons. The van der Waals surface area contributed by atoms with Gasteiger partial charge in [0.15, 0.2) is 0 Å². The van der Waals surface area contributed by atoms with Crippen molar-refractivity contribution in [3.8, 4) is 0 Å². The Morgan fingerprint density at radius 2 is 2.12 bits per heavy atom. The minimum atomic E-state index is -0.504. The Hall–Kier alpha value is -0.810. The van der Waals surface area contributed by atoms with Crippen molar-refractivity contribution in [3.05, 3.63) is 0 Å². The first kappa shape index (κ1) is 12.6. The van der Waals surface area contributed by atoms with Gasteiger partial charge in [0.05, 0.1) is 12.1 Å². The second-order valence-corrected chi connectivity index (χ2v) is 6.01. The van der Waals surface area contributed by atoms with Crippen LogP contribution >= 0.6 is 0 Å². The summed E-state index contributed by atoms with van der Waals surface area (Å²) in [6.07, 6.45) is 1.13. The van der Waals surface area contributed by atoms with Gasteiger partial charge in [-0.25, -0.2) is 4.79 Å². The van der Waals surface area contributed by atoms with E-state index in [2.05, 4.69) is 10.6 Å². The van der Waals surface area contributed by atoms with Crippen LogP contribution in [0.25, 0.3) is 0 Å². The van der Waals surface area contributed by atoms with Gasteiger partial charge in [-0.2, -0.15) is 0 Å². The monoisotopic (exact) mass is 242 g/mol.